The summed E-state index contributed by atoms with van der Waals surface area (Å²) in [4.78, 5) is 27.2. The number of amides is 1. The molecule has 0 bridgehead atoms. The van der Waals surface area contributed by atoms with Gasteiger partial charge >= 0.3 is 5.97 Å². The fourth-order valence-electron chi connectivity index (χ4n) is 1.74. The largest absolute Gasteiger partial charge is 0.486 e. The number of aromatic nitrogens is 1. The second-order valence-electron chi connectivity index (χ2n) is 4.68. The molecule has 2 aromatic rings. The topological polar surface area (TPSA) is 88.5 Å². The number of hydrogen-bond acceptors (Lipinski definition) is 5. The monoisotopic (exact) mass is 320 g/mol. The Bertz CT molecular complexity index is 684. The maximum Gasteiger partial charge on any atom is 0.325 e. The average molecular weight is 320 g/mol. The van der Waals surface area contributed by atoms with Crippen molar-refractivity contribution in [2.24, 2.45) is 0 Å². The molecule has 2 rings (SSSR count). The molecule has 0 saturated heterocycles. The van der Waals surface area contributed by atoms with Gasteiger partial charge in [-0.15, -0.1) is 11.3 Å². The van der Waals surface area contributed by atoms with E-state index in [4.69, 9.17) is 9.84 Å². The standard InChI is InChI=1S/C15H16N2O4S/c1-9(15(19)20)16-14(18)12-5-3-4-6-13(12)21-7-11-8-22-10(2)17-11/h3-6,8-9H,7H2,1-2H3,(H,16,18)(H,19,20)/t9-/m1/s1. The highest BCUT2D eigenvalue weighted by Gasteiger charge is 2.18. The quantitative estimate of drug-likeness (QED) is 0.852. The van der Waals surface area contributed by atoms with E-state index in [1.54, 1.807) is 24.3 Å². The van der Waals surface area contributed by atoms with E-state index in [0.29, 0.717) is 11.3 Å². The van der Waals surface area contributed by atoms with Crippen molar-refractivity contribution in [1.82, 2.24) is 10.3 Å². The highest BCUT2D eigenvalue weighted by Crippen LogP contribution is 2.20. The van der Waals surface area contributed by atoms with E-state index in [0.717, 1.165) is 10.7 Å². The van der Waals surface area contributed by atoms with Crippen molar-refractivity contribution < 1.29 is 19.4 Å². The first-order valence-corrected chi connectivity index (χ1v) is 7.52. The van der Waals surface area contributed by atoms with Gasteiger partial charge in [0.25, 0.3) is 5.91 Å². The van der Waals surface area contributed by atoms with Crippen LogP contribution in [0.5, 0.6) is 5.75 Å². The van der Waals surface area contributed by atoms with Gasteiger partial charge in [0, 0.05) is 5.38 Å². The van der Waals surface area contributed by atoms with Gasteiger partial charge in [-0.05, 0) is 26.0 Å². The molecule has 0 saturated carbocycles. The first-order chi connectivity index (χ1) is 10.5. The first-order valence-electron chi connectivity index (χ1n) is 6.64. The molecule has 0 radical (unpaired) electrons. The van der Waals surface area contributed by atoms with Crippen LogP contribution in [-0.4, -0.2) is 28.0 Å². The molecule has 0 spiro atoms. The van der Waals surface area contributed by atoms with Crippen LogP contribution in [0.25, 0.3) is 0 Å². The number of nitrogens with zero attached hydrogens (tertiary/aromatic N) is 1. The molecule has 7 heteroatoms. The SMILES string of the molecule is Cc1nc(COc2ccccc2C(=O)N[C@H](C)C(=O)O)cs1. The highest BCUT2D eigenvalue weighted by atomic mass is 32.1. The maximum absolute atomic E-state index is 12.1. The minimum absolute atomic E-state index is 0.253. The van der Waals surface area contributed by atoms with Crippen molar-refractivity contribution in [1.29, 1.82) is 0 Å². The fraction of sp³-hybridized carbons (Fsp3) is 0.267. The molecule has 1 amide bonds. The smallest absolute Gasteiger partial charge is 0.325 e. The lowest BCUT2D eigenvalue weighted by Crippen LogP contribution is -2.38. The van der Waals surface area contributed by atoms with Crippen molar-refractivity contribution in [2.75, 3.05) is 0 Å². The maximum atomic E-state index is 12.1. The van der Waals surface area contributed by atoms with Gasteiger partial charge < -0.3 is 15.2 Å². The van der Waals surface area contributed by atoms with E-state index >= 15 is 0 Å². The average Bonchev–Trinajstić information content (AvgIpc) is 2.90. The van der Waals surface area contributed by atoms with Gasteiger partial charge in [0.1, 0.15) is 18.4 Å². The van der Waals surface area contributed by atoms with Crippen molar-refractivity contribution in [3.63, 3.8) is 0 Å². The predicted molar refractivity (Wildman–Crippen MR) is 82.2 cm³/mol. The number of carboxylic acid groups (broad SMARTS) is 1. The zero-order valence-electron chi connectivity index (χ0n) is 12.2. The van der Waals surface area contributed by atoms with E-state index in [1.165, 1.54) is 18.3 Å². The number of nitrogens with one attached hydrogen (secondary N) is 1. The Kier molecular flexibility index (Phi) is 5.11. The number of thiazole rings is 1. The number of hydrogen-bond donors (Lipinski definition) is 2. The summed E-state index contributed by atoms with van der Waals surface area (Å²) in [6, 6.07) is 5.73. The summed E-state index contributed by atoms with van der Waals surface area (Å²) < 4.78 is 5.64. The summed E-state index contributed by atoms with van der Waals surface area (Å²) in [5, 5.41) is 14.1. The number of carboxylic acids is 1. The normalized spacial score (nSPS) is 11.7. The molecule has 0 aliphatic rings. The summed E-state index contributed by atoms with van der Waals surface area (Å²) in [7, 11) is 0. The van der Waals surface area contributed by atoms with Gasteiger partial charge in [-0.2, -0.15) is 0 Å². The molecule has 22 heavy (non-hydrogen) atoms. The number of carbonyl (C=O) groups excluding carboxylic acids is 1. The molecule has 0 aliphatic carbocycles. The molecule has 0 fully saturated rings. The van der Waals surface area contributed by atoms with Crippen LogP contribution < -0.4 is 10.1 Å². The van der Waals surface area contributed by atoms with Crippen LogP contribution in [0.15, 0.2) is 29.6 Å². The number of ether oxygens (including phenoxy) is 1. The van der Waals surface area contributed by atoms with Gasteiger partial charge in [0.2, 0.25) is 0 Å². The molecular formula is C15H16N2O4S. The number of carbonyl (C=O) groups is 2. The number of benzene rings is 1. The Morgan fingerprint density at radius 1 is 1.41 bits per heavy atom. The third kappa shape index (κ3) is 4.05. The molecule has 1 heterocycles. The fourth-order valence-corrected chi connectivity index (χ4v) is 2.34. The van der Waals surface area contributed by atoms with Crippen LogP contribution in [-0.2, 0) is 11.4 Å². The number of aryl methyl sites for hydroxylation is 1. The zero-order valence-corrected chi connectivity index (χ0v) is 13.0. The van der Waals surface area contributed by atoms with E-state index in [-0.39, 0.29) is 6.61 Å². The number of para-hydroxylation sites is 1. The van der Waals surface area contributed by atoms with Gasteiger partial charge in [0.15, 0.2) is 0 Å². The Labute approximate surface area is 131 Å². The van der Waals surface area contributed by atoms with Crippen molar-refractivity contribution in [2.45, 2.75) is 26.5 Å². The third-order valence-corrected chi connectivity index (χ3v) is 3.71. The van der Waals surface area contributed by atoms with Crippen LogP contribution in [0.1, 0.15) is 28.0 Å². The molecule has 116 valence electrons. The van der Waals surface area contributed by atoms with Gasteiger partial charge in [-0.25, -0.2) is 4.98 Å². The summed E-state index contributed by atoms with van der Waals surface area (Å²) in [6.07, 6.45) is 0. The summed E-state index contributed by atoms with van der Waals surface area (Å²) in [5.41, 5.74) is 1.08. The molecular weight excluding hydrogens is 304 g/mol. The summed E-state index contributed by atoms with van der Waals surface area (Å²) in [6.45, 7) is 3.56. The Balaban J connectivity index is 2.09. The minimum atomic E-state index is -1.09. The van der Waals surface area contributed by atoms with Gasteiger partial charge in [0.05, 0.1) is 16.3 Å². The van der Waals surface area contributed by atoms with Crippen molar-refractivity contribution in [3.8, 4) is 5.75 Å². The molecule has 1 aromatic heterocycles. The zero-order chi connectivity index (χ0) is 16.1. The first kappa shape index (κ1) is 16.0. The Hall–Kier alpha value is -2.41. The lowest BCUT2D eigenvalue weighted by Gasteiger charge is -2.13. The predicted octanol–water partition coefficient (Wildman–Crippen LogP) is 2.23. The number of rotatable bonds is 6. The van der Waals surface area contributed by atoms with Crippen molar-refractivity contribution in [3.05, 3.63) is 45.9 Å². The van der Waals surface area contributed by atoms with Gasteiger partial charge in [-0.1, -0.05) is 12.1 Å². The van der Waals surface area contributed by atoms with E-state index in [2.05, 4.69) is 10.3 Å². The highest BCUT2D eigenvalue weighted by molar-refractivity contribution is 7.09. The Morgan fingerprint density at radius 3 is 2.77 bits per heavy atom. The second-order valence-corrected chi connectivity index (χ2v) is 5.74. The van der Waals surface area contributed by atoms with E-state index < -0.39 is 17.9 Å². The number of aliphatic carboxylic acids is 1. The lowest BCUT2D eigenvalue weighted by atomic mass is 10.1. The van der Waals surface area contributed by atoms with E-state index in [1.807, 2.05) is 12.3 Å². The van der Waals surface area contributed by atoms with Gasteiger partial charge in [-0.3, -0.25) is 9.59 Å². The molecule has 6 nitrogen and oxygen atoms in total. The van der Waals surface area contributed by atoms with Crippen LogP contribution in [0, 0.1) is 6.92 Å². The Morgan fingerprint density at radius 2 is 2.14 bits per heavy atom. The van der Waals surface area contributed by atoms with Crippen LogP contribution in [0.4, 0.5) is 0 Å². The molecule has 1 aromatic carbocycles. The van der Waals surface area contributed by atoms with Crippen LogP contribution in [0.2, 0.25) is 0 Å². The second kappa shape index (κ2) is 7.04. The minimum Gasteiger partial charge on any atom is -0.486 e. The van der Waals surface area contributed by atoms with Crippen molar-refractivity contribution >= 4 is 23.2 Å². The van der Waals surface area contributed by atoms with Crippen LogP contribution >= 0.6 is 11.3 Å². The van der Waals surface area contributed by atoms with Crippen LogP contribution in [0.3, 0.4) is 0 Å². The summed E-state index contributed by atoms with van der Waals surface area (Å²) >= 11 is 1.53. The summed E-state index contributed by atoms with van der Waals surface area (Å²) in [5.74, 6) is -1.19. The molecule has 0 aliphatic heterocycles. The van der Waals surface area contributed by atoms with E-state index in [9.17, 15) is 9.59 Å². The molecule has 0 unspecified atom stereocenters. The molecule has 1 atom stereocenters. The lowest BCUT2D eigenvalue weighted by molar-refractivity contribution is -0.138. The molecule has 2 N–H and O–H groups in total. The third-order valence-electron chi connectivity index (χ3n) is 2.89.